The molecule has 0 saturated heterocycles. The molecule has 1 saturated carbocycles. The minimum atomic E-state index is 0.0392. The Bertz CT molecular complexity index is 488. The predicted octanol–water partition coefficient (Wildman–Crippen LogP) is 0.298. The summed E-state index contributed by atoms with van der Waals surface area (Å²) in [5, 5.41) is 6.55. The van der Waals surface area contributed by atoms with Crippen molar-refractivity contribution >= 4 is 12.2 Å². The second-order valence-corrected chi connectivity index (χ2v) is 5.30. The molecule has 5 N–H and O–H groups in total. The quantitative estimate of drug-likeness (QED) is 0.416. The molecule has 0 atom stereocenters. The lowest BCUT2D eigenvalue weighted by atomic mass is 9.95. The molecule has 1 aromatic rings. The molecular formula is C14H24N5+. The van der Waals surface area contributed by atoms with Gasteiger partial charge < -0.3 is 16.0 Å². The van der Waals surface area contributed by atoms with Crippen molar-refractivity contribution < 1.29 is 5.10 Å². The molecule has 1 heterocycles. The van der Waals surface area contributed by atoms with Crippen molar-refractivity contribution in [2.75, 3.05) is 0 Å². The van der Waals surface area contributed by atoms with Gasteiger partial charge in [-0.1, -0.05) is 19.3 Å². The molecule has 104 valence electrons. The first-order valence-electron chi connectivity index (χ1n) is 6.95. The Labute approximate surface area is 114 Å². The van der Waals surface area contributed by atoms with Crippen molar-refractivity contribution in [2.45, 2.75) is 52.0 Å². The predicted molar refractivity (Wildman–Crippen MR) is 78.0 cm³/mol. The normalized spacial score (nSPS) is 16.9. The van der Waals surface area contributed by atoms with Crippen molar-refractivity contribution in [2.24, 2.45) is 16.6 Å². The number of hydrogen-bond donors (Lipinski definition) is 3. The second-order valence-electron chi connectivity index (χ2n) is 5.30. The third kappa shape index (κ3) is 3.16. The van der Waals surface area contributed by atoms with E-state index in [0.717, 1.165) is 5.56 Å². The van der Waals surface area contributed by atoms with Gasteiger partial charge in [0, 0.05) is 22.5 Å². The summed E-state index contributed by atoms with van der Waals surface area (Å²) >= 11 is 0. The number of rotatable bonds is 3. The van der Waals surface area contributed by atoms with Crippen LogP contribution in [0.4, 0.5) is 0 Å². The molecule has 1 aliphatic carbocycles. The molecule has 5 nitrogen and oxygen atoms in total. The van der Waals surface area contributed by atoms with Crippen molar-refractivity contribution in [3.8, 4) is 0 Å². The highest BCUT2D eigenvalue weighted by Crippen LogP contribution is 2.31. The molecule has 0 spiro atoms. The zero-order valence-corrected chi connectivity index (χ0v) is 11.8. The van der Waals surface area contributed by atoms with Gasteiger partial charge in [-0.2, -0.15) is 0 Å². The number of nitrogens with two attached hydrogens (primary N) is 2. The molecule has 1 aromatic heterocycles. The second kappa shape index (κ2) is 5.91. The first-order chi connectivity index (χ1) is 9.09. The summed E-state index contributed by atoms with van der Waals surface area (Å²) in [6.45, 7) is 4.32. The first kappa shape index (κ1) is 13.6. The van der Waals surface area contributed by atoms with Crippen LogP contribution in [0.25, 0.3) is 0 Å². The molecule has 0 aliphatic heterocycles. The zero-order chi connectivity index (χ0) is 13.8. The molecule has 1 aliphatic rings. The van der Waals surface area contributed by atoms with Gasteiger partial charge in [-0.15, -0.1) is 5.10 Å². The van der Waals surface area contributed by atoms with Crippen molar-refractivity contribution in [3.63, 3.8) is 0 Å². The van der Waals surface area contributed by atoms with E-state index in [1.807, 2.05) is 6.21 Å². The minimum absolute atomic E-state index is 0.0392. The summed E-state index contributed by atoms with van der Waals surface area (Å²) < 4.78 is 2.46. The molecule has 0 unspecified atom stereocenters. The molecule has 0 aromatic carbocycles. The molecule has 0 radical (unpaired) electrons. The number of aryl methyl sites for hydroxylation is 1. The Balaban J connectivity index is 2.23. The van der Waals surface area contributed by atoms with Gasteiger partial charge in [-0.05, 0) is 32.8 Å². The smallest absolute Gasteiger partial charge is 0.256 e. The minimum Gasteiger partial charge on any atom is -0.365 e. The van der Waals surface area contributed by atoms with Gasteiger partial charge in [0.05, 0.1) is 5.56 Å². The van der Waals surface area contributed by atoms with E-state index in [2.05, 4.69) is 34.7 Å². The highest BCUT2D eigenvalue weighted by Gasteiger charge is 2.20. The lowest BCUT2D eigenvalue weighted by Crippen LogP contribution is -2.63. The fourth-order valence-corrected chi connectivity index (χ4v) is 3.03. The maximum Gasteiger partial charge on any atom is 0.256 e. The SMILES string of the molecule is Cc1cc(/C=[NH+]/N=C(N)N)c(C)n1C1CCCCC1. The van der Waals surface area contributed by atoms with E-state index < -0.39 is 0 Å². The Morgan fingerprint density at radius 1 is 1.32 bits per heavy atom. The van der Waals surface area contributed by atoms with Gasteiger partial charge in [0.1, 0.15) is 0 Å². The van der Waals surface area contributed by atoms with Crippen LogP contribution in [-0.2, 0) is 0 Å². The summed E-state index contributed by atoms with van der Waals surface area (Å²) in [6, 6.07) is 2.83. The van der Waals surface area contributed by atoms with Gasteiger partial charge in [0.15, 0.2) is 0 Å². The maximum absolute atomic E-state index is 5.29. The fraction of sp³-hybridized carbons (Fsp3) is 0.571. The number of nitrogens with zero attached hydrogens (tertiary/aromatic N) is 2. The lowest BCUT2D eigenvalue weighted by molar-refractivity contribution is -0.456. The molecule has 0 bridgehead atoms. The van der Waals surface area contributed by atoms with E-state index in [1.54, 1.807) is 0 Å². The molecule has 19 heavy (non-hydrogen) atoms. The van der Waals surface area contributed by atoms with Crippen LogP contribution in [0.2, 0.25) is 0 Å². The molecule has 0 amide bonds. The highest BCUT2D eigenvalue weighted by atomic mass is 15.3. The van der Waals surface area contributed by atoms with Crippen LogP contribution in [0.15, 0.2) is 11.2 Å². The summed E-state index contributed by atoms with van der Waals surface area (Å²) in [4.78, 5) is 0. The number of aromatic nitrogens is 1. The standard InChI is InChI=1S/C14H23N5/c1-10-8-12(9-17-18-14(15)16)11(2)19(10)13-6-4-3-5-7-13/h8-9,13H,3-7H2,1-2H3,(H4,15,16,18)/p+1/b17-9+. The van der Waals surface area contributed by atoms with E-state index in [-0.39, 0.29) is 5.96 Å². The summed E-state index contributed by atoms with van der Waals surface area (Å²) in [5.41, 5.74) is 14.3. The van der Waals surface area contributed by atoms with Crippen LogP contribution < -0.4 is 16.6 Å². The monoisotopic (exact) mass is 262 g/mol. The van der Waals surface area contributed by atoms with Crippen molar-refractivity contribution in [3.05, 3.63) is 23.0 Å². The first-order valence-corrected chi connectivity index (χ1v) is 6.95. The van der Waals surface area contributed by atoms with Gasteiger partial charge in [0.25, 0.3) is 5.96 Å². The van der Waals surface area contributed by atoms with Crippen molar-refractivity contribution in [1.82, 2.24) is 4.57 Å². The Hall–Kier alpha value is -1.78. The van der Waals surface area contributed by atoms with Crippen LogP contribution in [-0.4, -0.2) is 16.7 Å². The Morgan fingerprint density at radius 2 is 2.00 bits per heavy atom. The van der Waals surface area contributed by atoms with Crippen LogP contribution in [0, 0.1) is 13.8 Å². The van der Waals surface area contributed by atoms with Crippen LogP contribution in [0.3, 0.4) is 0 Å². The maximum atomic E-state index is 5.29. The number of hydrogen-bond acceptors (Lipinski definition) is 1. The summed E-state index contributed by atoms with van der Waals surface area (Å²) in [5.74, 6) is 0.0392. The third-order valence-corrected chi connectivity index (χ3v) is 3.88. The average Bonchev–Trinajstić information content (AvgIpc) is 2.65. The van der Waals surface area contributed by atoms with E-state index in [0.29, 0.717) is 6.04 Å². The van der Waals surface area contributed by atoms with Crippen LogP contribution in [0.1, 0.15) is 55.1 Å². The topological polar surface area (TPSA) is 83.3 Å². The van der Waals surface area contributed by atoms with E-state index in [9.17, 15) is 0 Å². The van der Waals surface area contributed by atoms with E-state index >= 15 is 0 Å². The average molecular weight is 262 g/mol. The number of nitrogens with one attached hydrogen (secondary N) is 1. The summed E-state index contributed by atoms with van der Waals surface area (Å²) in [7, 11) is 0. The van der Waals surface area contributed by atoms with Gasteiger partial charge in [-0.3, -0.25) is 0 Å². The largest absolute Gasteiger partial charge is 0.365 e. The van der Waals surface area contributed by atoms with Crippen LogP contribution in [0.5, 0.6) is 0 Å². The Morgan fingerprint density at radius 3 is 2.63 bits per heavy atom. The fourth-order valence-electron chi connectivity index (χ4n) is 3.03. The molecule has 1 fully saturated rings. The molecule has 5 heteroatoms. The van der Waals surface area contributed by atoms with E-state index in [1.165, 1.54) is 43.5 Å². The number of hydrazone groups is 1. The van der Waals surface area contributed by atoms with Crippen LogP contribution >= 0.6 is 0 Å². The van der Waals surface area contributed by atoms with Gasteiger partial charge >= 0.3 is 0 Å². The number of guanidine groups is 1. The molecular weight excluding hydrogens is 238 g/mol. The van der Waals surface area contributed by atoms with Gasteiger partial charge in [-0.25, -0.2) is 0 Å². The van der Waals surface area contributed by atoms with Crippen molar-refractivity contribution in [1.29, 1.82) is 0 Å². The third-order valence-electron chi connectivity index (χ3n) is 3.88. The summed E-state index contributed by atoms with van der Waals surface area (Å²) in [6.07, 6.45) is 8.48. The van der Waals surface area contributed by atoms with Gasteiger partial charge in [0.2, 0.25) is 6.21 Å². The van der Waals surface area contributed by atoms with E-state index in [4.69, 9.17) is 11.5 Å². The highest BCUT2D eigenvalue weighted by molar-refractivity contribution is 5.78. The zero-order valence-electron chi connectivity index (χ0n) is 11.8. The molecule has 2 rings (SSSR count). The Kier molecular flexibility index (Phi) is 4.24. The lowest BCUT2D eigenvalue weighted by Gasteiger charge is -2.26.